The first-order chi connectivity index (χ1) is 13.2. The van der Waals surface area contributed by atoms with Gasteiger partial charge in [0.05, 0.1) is 12.1 Å². The smallest absolute Gasteiger partial charge is 0.251 e. The Balaban J connectivity index is 1.40. The van der Waals surface area contributed by atoms with Crippen LogP contribution in [-0.2, 0) is 6.54 Å². The number of fused-ring (bicyclic) bond motifs is 1. The minimum Gasteiger partial charge on any atom is -0.444 e. The third kappa shape index (κ3) is 3.96. The molecule has 0 aliphatic heterocycles. The fraction of sp³-hybridized carbons (Fsp3) is 0.0476. The van der Waals surface area contributed by atoms with Crippen LogP contribution >= 0.6 is 11.3 Å². The van der Waals surface area contributed by atoms with Gasteiger partial charge >= 0.3 is 0 Å². The van der Waals surface area contributed by atoms with Gasteiger partial charge in [-0.15, -0.1) is 11.3 Å². The fourth-order valence-electron chi connectivity index (χ4n) is 2.63. The van der Waals surface area contributed by atoms with Gasteiger partial charge in [-0.2, -0.15) is 0 Å². The molecule has 0 saturated heterocycles. The van der Waals surface area contributed by atoms with E-state index in [2.05, 4.69) is 10.3 Å². The number of nitrogens with one attached hydrogen (secondary N) is 1. The summed E-state index contributed by atoms with van der Waals surface area (Å²) in [6, 6.07) is 19.0. The van der Waals surface area contributed by atoms with Crippen molar-refractivity contribution in [1.82, 2.24) is 10.3 Å². The molecule has 27 heavy (non-hydrogen) atoms. The Bertz CT molecular complexity index is 1110. The molecule has 0 fully saturated rings. The monoisotopic (exact) mass is 378 g/mol. The lowest BCUT2D eigenvalue weighted by Crippen LogP contribution is -2.22. The van der Waals surface area contributed by atoms with E-state index in [1.54, 1.807) is 36.5 Å². The van der Waals surface area contributed by atoms with Crippen molar-refractivity contribution in [2.24, 2.45) is 0 Å². The van der Waals surface area contributed by atoms with E-state index < -0.39 is 5.82 Å². The molecule has 0 aliphatic carbocycles. The number of hydrogen-bond donors (Lipinski definition) is 1. The number of thiophene rings is 1. The van der Waals surface area contributed by atoms with Gasteiger partial charge in [0.25, 0.3) is 5.91 Å². The molecule has 0 spiro atoms. The van der Waals surface area contributed by atoms with Gasteiger partial charge in [-0.25, -0.2) is 4.39 Å². The number of amides is 1. The van der Waals surface area contributed by atoms with E-state index >= 15 is 0 Å². The average molecular weight is 378 g/mol. The third-order valence-electron chi connectivity index (χ3n) is 3.97. The number of benzene rings is 2. The molecule has 1 N–H and O–H groups in total. The van der Waals surface area contributed by atoms with Crippen LogP contribution < -0.4 is 10.1 Å². The van der Waals surface area contributed by atoms with Gasteiger partial charge < -0.3 is 10.1 Å². The number of hydrogen-bond acceptors (Lipinski definition) is 4. The van der Waals surface area contributed by atoms with Crippen LogP contribution in [0.4, 0.5) is 4.39 Å². The summed E-state index contributed by atoms with van der Waals surface area (Å²) in [6.45, 7) is 0.370. The lowest BCUT2D eigenvalue weighted by atomic mass is 10.1. The van der Waals surface area contributed by atoms with E-state index in [1.165, 1.54) is 17.4 Å². The zero-order chi connectivity index (χ0) is 18.6. The van der Waals surface area contributed by atoms with Crippen molar-refractivity contribution < 1.29 is 13.9 Å². The first kappa shape index (κ1) is 17.2. The first-order valence-corrected chi connectivity index (χ1v) is 9.15. The van der Waals surface area contributed by atoms with Crippen LogP contribution in [0.1, 0.15) is 15.2 Å². The molecule has 134 valence electrons. The van der Waals surface area contributed by atoms with Gasteiger partial charge in [0.2, 0.25) is 0 Å². The van der Waals surface area contributed by atoms with E-state index in [0.29, 0.717) is 17.2 Å². The molecule has 0 bridgehead atoms. The summed E-state index contributed by atoms with van der Waals surface area (Å²) in [5.74, 6) is -0.392. The third-order valence-corrected chi connectivity index (χ3v) is 4.94. The highest BCUT2D eigenvalue weighted by molar-refractivity contribution is 7.13. The number of carbonyl (C=O) groups excluding carboxylic acids is 1. The summed E-state index contributed by atoms with van der Waals surface area (Å²) in [7, 11) is 0. The molecule has 0 aliphatic rings. The number of halogens is 1. The standard InChI is InChI=1S/C21H15FN2O2S/c22-17-5-1-2-6-19(17)26-20-10-8-16(27-20)13-24-21(25)15-7-9-18-14(12-15)4-3-11-23-18/h1-12H,13H2,(H,24,25). The van der Waals surface area contributed by atoms with Gasteiger partial charge in [-0.05, 0) is 48.5 Å². The van der Waals surface area contributed by atoms with Gasteiger partial charge in [0, 0.05) is 22.0 Å². The summed E-state index contributed by atoms with van der Waals surface area (Å²) in [6.07, 6.45) is 1.72. The molecule has 2 aromatic heterocycles. The van der Waals surface area contributed by atoms with Crippen LogP contribution in [0.3, 0.4) is 0 Å². The minimum absolute atomic E-state index is 0.161. The number of pyridine rings is 1. The maximum absolute atomic E-state index is 13.7. The van der Waals surface area contributed by atoms with E-state index in [4.69, 9.17) is 4.74 Å². The number of rotatable bonds is 5. The Hall–Kier alpha value is -3.25. The molecule has 0 radical (unpaired) electrons. The molecular weight excluding hydrogens is 363 g/mol. The van der Waals surface area contributed by atoms with Crippen LogP contribution in [0.2, 0.25) is 0 Å². The van der Waals surface area contributed by atoms with Gasteiger partial charge in [-0.3, -0.25) is 9.78 Å². The summed E-state index contributed by atoms with van der Waals surface area (Å²) in [4.78, 5) is 17.6. The van der Waals surface area contributed by atoms with E-state index in [0.717, 1.165) is 15.8 Å². The number of carbonyl (C=O) groups is 1. The fourth-order valence-corrected chi connectivity index (χ4v) is 3.44. The van der Waals surface area contributed by atoms with Crippen molar-refractivity contribution in [1.29, 1.82) is 0 Å². The Morgan fingerprint density at radius 2 is 1.96 bits per heavy atom. The molecule has 0 saturated carbocycles. The van der Waals surface area contributed by atoms with Crippen molar-refractivity contribution in [3.63, 3.8) is 0 Å². The molecule has 2 aromatic carbocycles. The highest BCUT2D eigenvalue weighted by Gasteiger charge is 2.09. The number of ether oxygens (including phenoxy) is 1. The molecule has 2 heterocycles. The Labute approximate surface area is 159 Å². The number of aromatic nitrogens is 1. The normalized spacial score (nSPS) is 10.7. The van der Waals surface area contributed by atoms with Crippen molar-refractivity contribution in [3.8, 4) is 10.8 Å². The zero-order valence-corrected chi connectivity index (χ0v) is 15.0. The Morgan fingerprint density at radius 1 is 1.07 bits per heavy atom. The predicted molar refractivity (Wildman–Crippen MR) is 104 cm³/mol. The lowest BCUT2D eigenvalue weighted by molar-refractivity contribution is 0.0951. The second-order valence-corrected chi connectivity index (χ2v) is 6.98. The quantitative estimate of drug-likeness (QED) is 0.522. The molecule has 0 atom stereocenters. The number of para-hydroxylation sites is 1. The second kappa shape index (κ2) is 7.55. The van der Waals surface area contributed by atoms with E-state index in [-0.39, 0.29) is 11.7 Å². The Morgan fingerprint density at radius 3 is 2.85 bits per heavy atom. The van der Waals surface area contributed by atoms with Crippen LogP contribution in [0, 0.1) is 5.82 Å². The molecule has 4 nitrogen and oxygen atoms in total. The first-order valence-electron chi connectivity index (χ1n) is 8.33. The maximum atomic E-state index is 13.7. The largest absolute Gasteiger partial charge is 0.444 e. The molecule has 1 amide bonds. The second-order valence-electron chi connectivity index (χ2n) is 5.85. The molecule has 4 aromatic rings. The molecular formula is C21H15FN2O2S. The highest BCUT2D eigenvalue weighted by Crippen LogP contribution is 2.30. The number of nitrogens with zero attached hydrogens (tertiary/aromatic N) is 1. The molecule has 6 heteroatoms. The summed E-state index contributed by atoms with van der Waals surface area (Å²) >= 11 is 1.36. The van der Waals surface area contributed by atoms with Gasteiger partial charge in [0.15, 0.2) is 16.6 Å². The van der Waals surface area contributed by atoms with Crippen LogP contribution in [0.5, 0.6) is 10.8 Å². The van der Waals surface area contributed by atoms with Crippen LogP contribution in [0.25, 0.3) is 10.9 Å². The SMILES string of the molecule is O=C(NCc1ccc(Oc2ccccc2F)s1)c1ccc2ncccc2c1. The predicted octanol–water partition coefficient (Wildman–Crippen LogP) is 5.16. The van der Waals surface area contributed by atoms with Crippen molar-refractivity contribution in [2.75, 3.05) is 0 Å². The zero-order valence-electron chi connectivity index (χ0n) is 14.2. The minimum atomic E-state index is -0.411. The average Bonchev–Trinajstić information content (AvgIpc) is 3.15. The van der Waals surface area contributed by atoms with Crippen LogP contribution in [0.15, 0.2) is 72.9 Å². The van der Waals surface area contributed by atoms with Crippen molar-refractivity contribution in [2.45, 2.75) is 6.54 Å². The Kier molecular flexibility index (Phi) is 4.80. The summed E-state index contributed by atoms with van der Waals surface area (Å²) < 4.78 is 19.2. The van der Waals surface area contributed by atoms with Gasteiger partial charge in [-0.1, -0.05) is 18.2 Å². The molecule has 0 unspecified atom stereocenters. The summed E-state index contributed by atoms with van der Waals surface area (Å²) in [5.41, 5.74) is 1.43. The van der Waals surface area contributed by atoms with Crippen molar-refractivity contribution >= 4 is 28.1 Å². The van der Waals surface area contributed by atoms with Crippen LogP contribution in [-0.4, -0.2) is 10.9 Å². The topological polar surface area (TPSA) is 51.2 Å². The summed E-state index contributed by atoms with van der Waals surface area (Å²) in [5, 5.41) is 4.38. The van der Waals surface area contributed by atoms with E-state index in [1.807, 2.05) is 30.3 Å². The van der Waals surface area contributed by atoms with E-state index in [9.17, 15) is 9.18 Å². The maximum Gasteiger partial charge on any atom is 0.251 e. The molecule has 4 rings (SSSR count). The lowest BCUT2D eigenvalue weighted by Gasteiger charge is -2.05. The highest BCUT2D eigenvalue weighted by atomic mass is 32.1. The van der Waals surface area contributed by atoms with Gasteiger partial charge in [0.1, 0.15) is 0 Å². The van der Waals surface area contributed by atoms with Crippen molar-refractivity contribution in [3.05, 3.63) is 89.2 Å².